The van der Waals surface area contributed by atoms with Crippen molar-refractivity contribution in [2.45, 2.75) is 6.04 Å². The minimum absolute atomic E-state index is 0.173. The summed E-state index contributed by atoms with van der Waals surface area (Å²) in [6.07, 6.45) is -1.00. The van der Waals surface area contributed by atoms with E-state index in [-0.39, 0.29) is 29.5 Å². The van der Waals surface area contributed by atoms with E-state index in [1.165, 1.54) is 4.90 Å². The van der Waals surface area contributed by atoms with E-state index in [0.717, 1.165) is 0 Å². The van der Waals surface area contributed by atoms with Gasteiger partial charge in [0.15, 0.2) is 10.3 Å². The van der Waals surface area contributed by atoms with Crippen molar-refractivity contribution in [1.29, 1.82) is 0 Å². The molecular weight excluding hydrogens is 295 g/mol. The third-order valence-electron chi connectivity index (χ3n) is 2.97. The van der Waals surface area contributed by atoms with Crippen molar-refractivity contribution >= 4 is 35.0 Å². The highest BCUT2D eigenvalue weighted by Crippen LogP contribution is 2.28. The molecular formula is C10H12Cl2N4O3. The number of piperazine rings is 1. The molecule has 0 radical (unpaired) electrons. The zero-order valence-electron chi connectivity index (χ0n) is 9.83. The summed E-state index contributed by atoms with van der Waals surface area (Å²) in [4.78, 5) is 14.0. The Balaban J connectivity index is 2.24. The van der Waals surface area contributed by atoms with Gasteiger partial charge >= 0.3 is 6.09 Å². The summed E-state index contributed by atoms with van der Waals surface area (Å²) in [6.45, 7) is 0.726. The molecule has 2 heterocycles. The molecule has 19 heavy (non-hydrogen) atoms. The molecule has 1 aliphatic heterocycles. The fourth-order valence-corrected chi connectivity index (χ4v) is 2.39. The lowest BCUT2D eigenvalue weighted by atomic mass is 10.1. The van der Waals surface area contributed by atoms with Gasteiger partial charge in [-0.15, -0.1) is 10.2 Å². The van der Waals surface area contributed by atoms with E-state index in [2.05, 4.69) is 10.2 Å². The predicted octanol–water partition coefficient (Wildman–Crippen LogP) is 0.944. The van der Waals surface area contributed by atoms with Gasteiger partial charge in [0.1, 0.15) is 0 Å². The van der Waals surface area contributed by atoms with E-state index >= 15 is 0 Å². The molecule has 0 aromatic carbocycles. The van der Waals surface area contributed by atoms with Crippen molar-refractivity contribution in [3.63, 3.8) is 0 Å². The minimum Gasteiger partial charge on any atom is -0.465 e. The molecule has 2 N–H and O–H groups in total. The number of aromatic nitrogens is 2. The van der Waals surface area contributed by atoms with Gasteiger partial charge in [0.25, 0.3) is 0 Å². The second-order valence-corrected chi connectivity index (χ2v) is 4.85. The fourth-order valence-electron chi connectivity index (χ4n) is 2.05. The van der Waals surface area contributed by atoms with Crippen LogP contribution in [0, 0.1) is 0 Å². The summed E-state index contributed by atoms with van der Waals surface area (Å²) in [5, 5.41) is 26.1. The van der Waals surface area contributed by atoms with Crippen molar-refractivity contribution in [1.82, 2.24) is 15.1 Å². The molecule has 0 saturated carbocycles. The van der Waals surface area contributed by atoms with Crippen LogP contribution in [0.25, 0.3) is 0 Å². The molecule has 2 rings (SSSR count). The predicted molar refractivity (Wildman–Crippen MR) is 69.9 cm³/mol. The third kappa shape index (κ3) is 2.99. The third-order valence-corrected chi connectivity index (χ3v) is 3.43. The van der Waals surface area contributed by atoms with Crippen LogP contribution in [0.1, 0.15) is 0 Å². The molecule has 1 fully saturated rings. The van der Waals surface area contributed by atoms with Gasteiger partial charge in [0.2, 0.25) is 0 Å². The lowest BCUT2D eigenvalue weighted by molar-refractivity contribution is 0.124. The number of carbonyl (C=O) groups is 1. The first kappa shape index (κ1) is 14.1. The topological polar surface area (TPSA) is 89.8 Å². The summed E-state index contributed by atoms with van der Waals surface area (Å²) in [7, 11) is 0. The van der Waals surface area contributed by atoms with Gasteiger partial charge in [-0.1, -0.05) is 23.2 Å². The zero-order valence-corrected chi connectivity index (χ0v) is 11.3. The molecule has 1 amide bonds. The number of aliphatic hydroxyl groups is 1. The van der Waals surface area contributed by atoms with Crippen molar-refractivity contribution < 1.29 is 15.0 Å². The summed E-state index contributed by atoms with van der Waals surface area (Å²) in [5.41, 5.74) is 0.547. The number of hydrogen-bond donors (Lipinski definition) is 2. The number of nitrogens with zero attached hydrogens (tertiary/aromatic N) is 4. The van der Waals surface area contributed by atoms with Gasteiger partial charge in [-0.2, -0.15) is 0 Å². The van der Waals surface area contributed by atoms with Crippen LogP contribution < -0.4 is 4.90 Å². The Bertz CT molecular complexity index is 488. The Morgan fingerprint density at radius 3 is 2.79 bits per heavy atom. The molecule has 1 aromatic rings. The first-order valence-corrected chi connectivity index (χ1v) is 6.32. The second kappa shape index (κ2) is 5.77. The van der Waals surface area contributed by atoms with Crippen molar-refractivity contribution in [2.75, 3.05) is 31.1 Å². The largest absolute Gasteiger partial charge is 0.465 e. The number of carboxylic acid groups (broad SMARTS) is 1. The monoisotopic (exact) mass is 306 g/mol. The zero-order chi connectivity index (χ0) is 14.0. The highest BCUT2D eigenvalue weighted by molar-refractivity contribution is 6.33. The minimum atomic E-state index is -1.00. The number of anilines is 1. The normalized spacial score (nSPS) is 19.6. The lowest BCUT2D eigenvalue weighted by Crippen LogP contribution is -2.56. The first-order valence-electron chi connectivity index (χ1n) is 5.57. The summed E-state index contributed by atoms with van der Waals surface area (Å²) >= 11 is 11.7. The summed E-state index contributed by atoms with van der Waals surface area (Å²) in [5.74, 6) is 0. The number of amides is 1. The summed E-state index contributed by atoms with van der Waals surface area (Å²) < 4.78 is 0. The van der Waals surface area contributed by atoms with E-state index < -0.39 is 6.09 Å². The van der Waals surface area contributed by atoms with Crippen LogP contribution in [0.15, 0.2) is 6.07 Å². The van der Waals surface area contributed by atoms with E-state index in [1.807, 2.05) is 0 Å². The van der Waals surface area contributed by atoms with Crippen LogP contribution in [-0.4, -0.2) is 63.7 Å². The lowest BCUT2D eigenvalue weighted by Gasteiger charge is -2.40. The maximum atomic E-state index is 10.9. The average molecular weight is 307 g/mol. The molecule has 0 unspecified atom stereocenters. The van der Waals surface area contributed by atoms with Crippen molar-refractivity contribution in [3.8, 4) is 0 Å². The van der Waals surface area contributed by atoms with Crippen LogP contribution in [0.2, 0.25) is 10.3 Å². The van der Waals surface area contributed by atoms with Gasteiger partial charge in [0.05, 0.1) is 18.3 Å². The Kier molecular flexibility index (Phi) is 4.28. The molecule has 7 nitrogen and oxygen atoms in total. The quantitative estimate of drug-likeness (QED) is 0.845. The van der Waals surface area contributed by atoms with E-state index in [0.29, 0.717) is 18.8 Å². The van der Waals surface area contributed by atoms with Crippen LogP contribution in [0.5, 0.6) is 0 Å². The van der Waals surface area contributed by atoms with E-state index in [1.54, 1.807) is 11.0 Å². The Labute approximate surface area is 119 Å². The molecule has 104 valence electrons. The van der Waals surface area contributed by atoms with Gasteiger partial charge < -0.3 is 20.0 Å². The molecule has 1 aliphatic rings. The Hall–Kier alpha value is -1.31. The van der Waals surface area contributed by atoms with Gasteiger partial charge in [-0.05, 0) is 0 Å². The number of aliphatic hydroxyl groups excluding tert-OH is 1. The molecule has 0 bridgehead atoms. The standard InChI is InChI=1S/C10H12Cl2N4O3/c11-8-3-7(9(12)14-13-8)16-2-1-15(10(18)19)4-6(16)5-17/h3,6,17H,1-2,4-5H2,(H,18,19)/t6-/m1/s1. The smallest absolute Gasteiger partial charge is 0.407 e. The van der Waals surface area contributed by atoms with E-state index in [4.69, 9.17) is 28.3 Å². The maximum absolute atomic E-state index is 10.9. The SMILES string of the molecule is O=C(O)N1CCN(c2cc(Cl)nnc2Cl)[C@@H](CO)C1. The molecule has 1 aromatic heterocycles. The van der Waals surface area contributed by atoms with Crippen LogP contribution in [0.3, 0.4) is 0 Å². The average Bonchev–Trinajstić information content (AvgIpc) is 2.40. The Morgan fingerprint density at radius 1 is 1.42 bits per heavy atom. The van der Waals surface area contributed by atoms with Crippen LogP contribution >= 0.6 is 23.2 Å². The van der Waals surface area contributed by atoms with Gasteiger partial charge in [-0.3, -0.25) is 0 Å². The highest BCUT2D eigenvalue weighted by Gasteiger charge is 2.30. The molecule has 9 heteroatoms. The number of halogens is 2. The molecule has 0 spiro atoms. The molecule has 0 aliphatic carbocycles. The van der Waals surface area contributed by atoms with Gasteiger partial charge in [-0.25, -0.2) is 4.79 Å². The van der Waals surface area contributed by atoms with Crippen molar-refractivity contribution in [2.24, 2.45) is 0 Å². The molecule has 1 atom stereocenters. The maximum Gasteiger partial charge on any atom is 0.407 e. The second-order valence-electron chi connectivity index (χ2n) is 4.10. The fraction of sp³-hybridized carbons (Fsp3) is 0.500. The van der Waals surface area contributed by atoms with Crippen LogP contribution in [-0.2, 0) is 0 Å². The van der Waals surface area contributed by atoms with Crippen molar-refractivity contribution in [3.05, 3.63) is 16.4 Å². The first-order chi connectivity index (χ1) is 9.02. The molecule has 1 saturated heterocycles. The summed E-state index contributed by atoms with van der Waals surface area (Å²) in [6, 6.07) is 1.17. The Morgan fingerprint density at radius 2 is 2.16 bits per heavy atom. The number of hydrogen-bond acceptors (Lipinski definition) is 5. The highest BCUT2D eigenvalue weighted by atomic mass is 35.5. The number of rotatable bonds is 2. The van der Waals surface area contributed by atoms with Gasteiger partial charge in [0, 0.05) is 25.7 Å². The van der Waals surface area contributed by atoms with E-state index in [9.17, 15) is 9.90 Å². The van der Waals surface area contributed by atoms with Crippen LogP contribution in [0.4, 0.5) is 10.5 Å².